The molecular weight excluding hydrogens is 160 g/mol. The van der Waals surface area contributed by atoms with Gasteiger partial charge < -0.3 is 0 Å². The predicted octanol–water partition coefficient (Wildman–Crippen LogP) is 1.56. The lowest BCUT2D eigenvalue weighted by Crippen LogP contribution is -2.52. The third kappa shape index (κ3) is 1.75. The van der Waals surface area contributed by atoms with Gasteiger partial charge in [0.25, 0.3) is 0 Å². The highest BCUT2D eigenvalue weighted by molar-refractivity contribution is 4.91. The summed E-state index contributed by atoms with van der Waals surface area (Å²) in [6.07, 6.45) is 2.81. The summed E-state index contributed by atoms with van der Waals surface area (Å²) in [6.45, 7) is 10.9. The van der Waals surface area contributed by atoms with E-state index in [0.717, 1.165) is 18.1 Å². The second-order valence-corrected chi connectivity index (χ2v) is 4.91. The van der Waals surface area contributed by atoms with E-state index in [-0.39, 0.29) is 0 Å². The van der Waals surface area contributed by atoms with Crippen LogP contribution in [-0.4, -0.2) is 47.6 Å². The van der Waals surface area contributed by atoms with Gasteiger partial charge in [-0.15, -0.1) is 0 Å². The predicted molar refractivity (Wildman–Crippen MR) is 55.9 cm³/mol. The minimum absolute atomic E-state index is 0.738. The van der Waals surface area contributed by atoms with E-state index in [2.05, 4.69) is 30.6 Å². The summed E-state index contributed by atoms with van der Waals surface area (Å²) in [5, 5.41) is 0. The van der Waals surface area contributed by atoms with Gasteiger partial charge in [0.15, 0.2) is 0 Å². The molecule has 2 aliphatic rings. The molecule has 2 fully saturated rings. The zero-order chi connectivity index (χ0) is 9.42. The second kappa shape index (κ2) is 3.58. The van der Waals surface area contributed by atoms with E-state index in [9.17, 15) is 0 Å². The van der Waals surface area contributed by atoms with Crippen molar-refractivity contribution in [1.82, 2.24) is 9.80 Å². The Morgan fingerprint density at radius 2 is 1.92 bits per heavy atom. The van der Waals surface area contributed by atoms with Crippen LogP contribution < -0.4 is 0 Å². The molecule has 0 amide bonds. The molecule has 0 aromatic rings. The first-order chi connectivity index (χ1) is 6.18. The van der Waals surface area contributed by atoms with Gasteiger partial charge in [0.05, 0.1) is 0 Å². The van der Waals surface area contributed by atoms with E-state index in [4.69, 9.17) is 0 Å². The lowest BCUT2D eigenvalue weighted by atomic mass is 10.0. The Bertz CT molecular complexity index is 179. The number of rotatable bonds is 2. The van der Waals surface area contributed by atoms with E-state index in [1.165, 1.54) is 32.5 Å². The van der Waals surface area contributed by atoms with Gasteiger partial charge in [-0.3, -0.25) is 9.80 Å². The molecule has 0 spiro atoms. The van der Waals surface area contributed by atoms with Gasteiger partial charge in [-0.1, -0.05) is 0 Å². The van der Waals surface area contributed by atoms with E-state index < -0.39 is 0 Å². The number of hydrogen-bond donors (Lipinski definition) is 0. The highest BCUT2D eigenvalue weighted by Gasteiger charge is 2.35. The Hall–Kier alpha value is -0.0800. The minimum Gasteiger partial charge on any atom is -0.299 e. The summed E-state index contributed by atoms with van der Waals surface area (Å²) >= 11 is 0. The molecule has 0 aromatic heterocycles. The smallest absolute Gasteiger partial charge is 0.0238 e. The largest absolute Gasteiger partial charge is 0.299 e. The van der Waals surface area contributed by atoms with Crippen molar-refractivity contribution in [3.05, 3.63) is 0 Å². The molecule has 2 aliphatic heterocycles. The van der Waals surface area contributed by atoms with Gasteiger partial charge in [0.1, 0.15) is 0 Å². The average Bonchev–Trinajstić information content (AvgIpc) is 2.50. The summed E-state index contributed by atoms with van der Waals surface area (Å²) in [5.74, 6) is 0. The molecule has 13 heavy (non-hydrogen) atoms. The molecule has 2 nitrogen and oxygen atoms in total. The summed E-state index contributed by atoms with van der Waals surface area (Å²) in [7, 11) is 0. The minimum atomic E-state index is 0.738. The van der Waals surface area contributed by atoms with E-state index in [1.807, 2.05) is 0 Å². The van der Waals surface area contributed by atoms with Crippen LogP contribution in [0, 0.1) is 0 Å². The van der Waals surface area contributed by atoms with Crippen LogP contribution >= 0.6 is 0 Å². The third-order valence-electron chi connectivity index (χ3n) is 3.77. The van der Waals surface area contributed by atoms with Crippen molar-refractivity contribution < 1.29 is 0 Å². The lowest BCUT2D eigenvalue weighted by molar-refractivity contribution is 0.0544. The van der Waals surface area contributed by atoms with Gasteiger partial charge in [-0.25, -0.2) is 0 Å². The van der Waals surface area contributed by atoms with E-state index in [0.29, 0.717) is 0 Å². The zero-order valence-electron chi connectivity index (χ0n) is 9.16. The van der Waals surface area contributed by atoms with Crippen LogP contribution in [0.4, 0.5) is 0 Å². The Kier molecular flexibility index (Phi) is 2.61. The van der Waals surface area contributed by atoms with Crippen LogP contribution in [0.3, 0.4) is 0 Å². The van der Waals surface area contributed by atoms with Gasteiger partial charge in [0, 0.05) is 37.8 Å². The Balaban J connectivity index is 1.84. The Morgan fingerprint density at radius 1 is 1.15 bits per heavy atom. The quantitative estimate of drug-likeness (QED) is 0.639. The molecule has 2 heteroatoms. The molecular formula is C11H22N2. The fourth-order valence-electron chi connectivity index (χ4n) is 2.59. The molecule has 0 saturated carbocycles. The van der Waals surface area contributed by atoms with Crippen LogP contribution in [0.1, 0.15) is 33.6 Å². The summed E-state index contributed by atoms with van der Waals surface area (Å²) in [6, 6.07) is 2.46. The van der Waals surface area contributed by atoms with Crippen molar-refractivity contribution in [3.8, 4) is 0 Å². The number of likely N-dealkylation sites (tertiary alicyclic amines) is 2. The van der Waals surface area contributed by atoms with Crippen molar-refractivity contribution in [3.63, 3.8) is 0 Å². The first kappa shape index (κ1) is 9.47. The van der Waals surface area contributed by atoms with Crippen molar-refractivity contribution in [2.45, 2.75) is 51.7 Å². The molecule has 0 aromatic carbocycles. The van der Waals surface area contributed by atoms with Gasteiger partial charge in [0.2, 0.25) is 0 Å². The van der Waals surface area contributed by atoms with E-state index in [1.54, 1.807) is 0 Å². The molecule has 2 atom stereocenters. The van der Waals surface area contributed by atoms with Crippen LogP contribution in [0.25, 0.3) is 0 Å². The Labute approximate surface area is 81.9 Å². The van der Waals surface area contributed by atoms with Crippen molar-refractivity contribution >= 4 is 0 Å². The maximum atomic E-state index is 2.68. The highest BCUT2D eigenvalue weighted by atomic mass is 15.3. The molecule has 0 bridgehead atoms. The summed E-state index contributed by atoms with van der Waals surface area (Å²) < 4.78 is 0. The standard InChI is InChI=1S/C11H22N2/c1-9(2)12-6-5-11(8-12)13-7-4-10(13)3/h9-11H,4-8H2,1-3H3. The van der Waals surface area contributed by atoms with Crippen LogP contribution in [0.2, 0.25) is 0 Å². The second-order valence-electron chi connectivity index (χ2n) is 4.91. The van der Waals surface area contributed by atoms with E-state index >= 15 is 0 Å². The first-order valence-corrected chi connectivity index (χ1v) is 5.68. The maximum Gasteiger partial charge on any atom is 0.0238 e. The normalized spacial score (nSPS) is 36.9. The third-order valence-corrected chi connectivity index (χ3v) is 3.77. The van der Waals surface area contributed by atoms with Crippen LogP contribution in [-0.2, 0) is 0 Å². The highest BCUT2D eigenvalue weighted by Crippen LogP contribution is 2.26. The van der Waals surface area contributed by atoms with Gasteiger partial charge in [-0.05, 0) is 33.6 Å². The van der Waals surface area contributed by atoms with Crippen molar-refractivity contribution in [2.75, 3.05) is 19.6 Å². The number of nitrogens with zero attached hydrogens (tertiary/aromatic N) is 2. The molecule has 0 radical (unpaired) electrons. The lowest BCUT2D eigenvalue weighted by Gasteiger charge is -2.43. The van der Waals surface area contributed by atoms with Crippen LogP contribution in [0.15, 0.2) is 0 Å². The Morgan fingerprint density at radius 3 is 2.31 bits per heavy atom. The molecule has 0 N–H and O–H groups in total. The molecule has 2 saturated heterocycles. The molecule has 2 heterocycles. The SMILES string of the molecule is CC(C)N1CCC(N2CCC2C)C1. The maximum absolute atomic E-state index is 2.68. The fourth-order valence-corrected chi connectivity index (χ4v) is 2.59. The topological polar surface area (TPSA) is 6.48 Å². The summed E-state index contributed by atoms with van der Waals surface area (Å²) in [5.41, 5.74) is 0. The molecule has 2 unspecified atom stereocenters. The van der Waals surface area contributed by atoms with Crippen molar-refractivity contribution in [2.24, 2.45) is 0 Å². The number of hydrogen-bond acceptors (Lipinski definition) is 2. The first-order valence-electron chi connectivity index (χ1n) is 5.68. The average molecular weight is 182 g/mol. The summed E-state index contributed by atoms with van der Waals surface area (Å²) in [4.78, 5) is 5.29. The van der Waals surface area contributed by atoms with Gasteiger partial charge in [-0.2, -0.15) is 0 Å². The zero-order valence-corrected chi connectivity index (χ0v) is 9.16. The van der Waals surface area contributed by atoms with Gasteiger partial charge >= 0.3 is 0 Å². The van der Waals surface area contributed by atoms with Crippen LogP contribution in [0.5, 0.6) is 0 Å². The van der Waals surface area contributed by atoms with Crippen molar-refractivity contribution in [1.29, 1.82) is 0 Å². The molecule has 0 aliphatic carbocycles. The molecule has 76 valence electrons. The fraction of sp³-hybridized carbons (Fsp3) is 1.00. The monoisotopic (exact) mass is 182 g/mol. The molecule has 2 rings (SSSR count).